The van der Waals surface area contributed by atoms with Crippen molar-refractivity contribution >= 4 is 23.2 Å². The highest BCUT2D eigenvalue weighted by Crippen LogP contribution is 2.33. The Morgan fingerprint density at radius 1 is 0.695 bits per heavy atom. The first-order valence-electron chi connectivity index (χ1n) is 20.6. The Kier molecular flexibility index (Phi) is 26.7. The predicted molar refractivity (Wildman–Crippen MR) is 236 cm³/mol. The number of halogens is 2. The normalized spacial score (nSPS) is 19.4. The average Bonchev–Trinajstić information content (AvgIpc) is 3.23. The van der Waals surface area contributed by atoms with E-state index in [0.717, 1.165) is 69.1 Å². The Morgan fingerprint density at radius 3 is 1.88 bits per heavy atom. The van der Waals surface area contributed by atoms with Crippen molar-refractivity contribution in [2.24, 2.45) is 0 Å². The molecular formula is C47H66Cl2O10. The summed E-state index contributed by atoms with van der Waals surface area (Å²) in [4.78, 5) is 0. The summed E-state index contributed by atoms with van der Waals surface area (Å²) in [6.45, 7) is 21.5. The van der Waals surface area contributed by atoms with Crippen LogP contribution in [0.3, 0.4) is 0 Å². The Bertz CT molecular complexity index is 1600. The molecule has 1 heterocycles. The molecule has 0 amide bonds. The smallest absolute Gasteiger partial charge is 0.126 e. The Morgan fingerprint density at radius 2 is 1.27 bits per heavy atom. The molecule has 0 saturated carbocycles. The van der Waals surface area contributed by atoms with Crippen LogP contribution in [-0.4, -0.2) is 117 Å². The summed E-state index contributed by atoms with van der Waals surface area (Å²) in [5, 5.41) is 0. The van der Waals surface area contributed by atoms with E-state index >= 15 is 0 Å². The number of benzene rings is 2. The Labute approximate surface area is 363 Å². The van der Waals surface area contributed by atoms with Crippen molar-refractivity contribution in [1.29, 1.82) is 0 Å². The van der Waals surface area contributed by atoms with E-state index in [9.17, 15) is 0 Å². The topological polar surface area (TPSA) is 92.3 Å². The standard InChI is InChI=1S/C47H66Cl2O10/c1-6-11-37(3)45-36-40(7-2)39(5)46(58-32-28-51-19-17-49)38(4)34-42-13-10-14-43(35-41-12-8-9-15-44(41)56-30-26-50-18-16-48)47(42)59-33-29-55-25-23-53-21-20-52-22-24-54-27-31-57-45/h7-10,12-15,36H,2-3,6,11,16-35H2,1,4-5H3/b40-39-,45-36-,46-38-. The molecule has 10 nitrogen and oxygen atoms in total. The van der Waals surface area contributed by atoms with Crippen LogP contribution >= 0.6 is 23.2 Å². The molecule has 0 fully saturated rings. The molecule has 2 aromatic rings. The lowest BCUT2D eigenvalue weighted by molar-refractivity contribution is -0.00905. The maximum absolute atomic E-state index is 6.62. The van der Waals surface area contributed by atoms with Crippen molar-refractivity contribution < 1.29 is 47.4 Å². The maximum Gasteiger partial charge on any atom is 0.126 e. The zero-order valence-corrected chi connectivity index (χ0v) is 37.0. The molecule has 0 bridgehead atoms. The first kappa shape index (κ1) is 50.0. The van der Waals surface area contributed by atoms with Crippen molar-refractivity contribution in [3.05, 3.63) is 118 Å². The van der Waals surface area contributed by atoms with E-state index in [1.165, 1.54) is 0 Å². The number of allylic oxidation sites excluding steroid dienone is 6. The number of hydrogen-bond acceptors (Lipinski definition) is 10. The average molecular weight is 862 g/mol. The minimum atomic E-state index is 0.333. The van der Waals surface area contributed by atoms with Crippen molar-refractivity contribution in [3.8, 4) is 11.5 Å². The second kappa shape index (κ2) is 31.5. The van der Waals surface area contributed by atoms with Crippen LogP contribution in [0.15, 0.2) is 102 Å². The second-order valence-electron chi connectivity index (χ2n) is 13.6. The van der Waals surface area contributed by atoms with Gasteiger partial charge in [-0.1, -0.05) is 69.0 Å². The van der Waals surface area contributed by atoms with Crippen molar-refractivity contribution in [3.63, 3.8) is 0 Å². The van der Waals surface area contributed by atoms with Gasteiger partial charge in [0.05, 0.1) is 79.3 Å². The van der Waals surface area contributed by atoms with Crippen molar-refractivity contribution in [2.45, 2.75) is 46.5 Å². The van der Waals surface area contributed by atoms with E-state index in [1.807, 2.05) is 37.3 Å². The summed E-state index contributed by atoms with van der Waals surface area (Å²) in [7, 11) is 0. The van der Waals surface area contributed by atoms with Gasteiger partial charge in [-0.25, -0.2) is 0 Å². The summed E-state index contributed by atoms with van der Waals surface area (Å²) < 4.78 is 59.9. The van der Waals surface area contributed by atoms with Gasteiger partial charge in [-0.2, -0.15) is 0 Å². The molecule has 1 aliphatic heterocycles. The van der Waals surface area contributed by atoms with Gasteiger partial charge in [0.25, 0.3) is 0 Å². The number of para-hydroxylation sites is 2. The summed E-state index contributed by atoms with van der Waals surface area (Å²) in [5.41, 5.74) is 6.70. The van der Waals surface area contributed by atoms with Gasteiger partial charge in [0, 0.05) is 24.6 Å². The Balaban J connectivity index is 2.08. The van der Waals surface area contributed by atoms with Gasteiger partial charge in [0.2, 0.25) is 0 Å². The molecule has 0 atom stereocenters. The first-order valence-corrected chi connectivity index (χ1v) is 21.7. The molecule has 0 aliphatic carbocycles. The van der Waals surface area contributed by atoms with Gasteiger partial charge < -0.3 is 47.4 Å². The number of fused-ring (bicyclic) bond motifs is 1. The fourth-order valence-corrected chi connectivity index (χ4v) is 6.40. The van der Waals surface area contributed by atoms with E-state index in [1.54, 1.807) is 0 Å². The van der Waals surface area contributed by atoms with Crippen molar-refractivity contribution in [2.75, 3.05) is 117 Å². The van der Waals surface area contributed by atoms with E-state index < -0.39 is 0 Å². The molecule has 0 saturated heterocycles. The monoisotopic (exact) mass is 860 g/mol. The molecule has 0 radical (unpaired) electrons. The van der Waals surface area contributed by atoms with Crippen LogP contribution in [0.4, 0.5) is 0 Å². The fourth-order valence-electron chi connectivity index (χ4n) is 6.18. The highest BCUT2D eigenvalue weighted by molar-refractivity contribution is 6.18. The minimum Gasteiger partial charge on any atom is -0.491 e. The van der Waals surface area contributed by atoms with Gasteiger partial charge in [0.1, 0.15) is 49.4 Å². The van der Waals surface area contributed by atoms with E-state index in [4.69, 9.17) is 70.6 Å². The molecule has 2 aromatic carbocycles. The molecular weight excluding hydrogens is 795 g/mol. The third kappa shape index (κ3) is 19.7. The summed E-state index contributed by atoms with van der Waals surface area (Å²) >= 11 is 11.7. The van der Waals surface area contributed by atoms with Crippen LogP contribution in [0.5, 0.6) is 11.5 Å². The summed E-state index contributed by atoms with van der Waals surface area (Å²) in [6, 6.07) is 14.3. The Hall–Kier alpha value is -3.32. The molecule has 1 aliphatic rings. The molecule has 0 N–H and O–H groups in total. The molecule has 59 heavy (non-hydrogen) atoms. The third-order valence-corrected chi connectivity index (χ3v) is 9.34. The van der Waals surface area contributed by atoms with Gasteiger partial charge in [-0.3, -0.25) is 0 Å². The lowest BCUT2D eigenvalue weighted by Crippen LogP contribution is -2.15. The number of hydrogen-bond donors (Lipinski definition) is 0. The second-order valence-corrected chi connectivity index (χ2v) is 14.3. The van der Waals surface area contributed by atoms with Gasteiger partial charge in [-0.15, -0.1) is 23.2 Å². The minimum absolute atomic E-state index is 0.333. The van der Waals surface area contributed by atoms with E-state index in [-0.39, 0.29) is 0 Å². The van der Waals surface area contributed by atoms with Crippen LogP contribution in [-0.2, 0) is 50.7 Å². The highest BCUT2D eigenvalue weighted by atomic mass is 35.5. The third-order valence-electron chi connectivity index (χ3n) is 9.03. The van der Waals surface area contributed by atoms with Crippen LogP contribution in [0.2, 0.25) is 0 Å². The quantitative estimate of drug-likeness (QED) is 0.107. The zero-order valence-electron chi connectivity index (χ0n) is 35.5. The van der Waals surface area contributed by atoms with Gasteiger partial charge in [0.15, 0.2) is 0 Å². The van der Waals surface area contributed by atoms with Crippen molar-refractivity contribution in [1.82, 2.24) is 0 Å². The van der Waals surface area contributed by atoms with Crippen LogP contribution in [0.1, 0.15) is 50.3 Å². The first-order chi connectivity index (χ1) is 28.9. The molecule has 328 valence electrons. The lowest BCUT2D eigenvalue weighted by Gasteiger charge is -2.20. The largest absolute Gasteiger partial charge is 0.491 e. The number of ether oxygens (including phenoxy) is 10. The number of alkyl halides is 2. The maximum atomic E-state index is 6.62. The van der Waals surface area contributed by atoms with Gasteiger partial charge >= 0.3 is 0 Å². The van der Waals surface area contributed by atoms with E-state index in [0.29, 0.717) is 136 Å². The van der Waals surface area contributed by atoms with Gasteiger partial charge in [-0.05, 0) is 71.4 Å². The molecule has 0 unspecified atom stereocenters. The SMILES string of the molecule is C=CC1=C(C)/C(OCCOCCCl)=C(\C)Cc2cccc(Cc3ccccc3OCCOCCCl)c2OCCOCCOCCOCCOCCO/C(C(=C)CCC)=C\1. The molecule has 0 aromatic heterocycles. The highest BCUT2D eigenvalue weighted by Gasteiger charge is 2.18. The van der Waals surface area contributed by atoms with Crippen LogP contribution < -0.4 is 9.47 Å². The predicted octanol–water partition coefficient (Wildman–Crippen LogP) is 9.22. The lowest BCUT2D eigenvalue weighted by atomic mass is 9.95. The molecule has 0 spiro atoms. The molecule has 12 heteroatoms. The zero-order chi connectivity index (χ0) is 42.3. The molecule has 3 rings (SSSR count). The van der Waals surface area contributed by atoms with Crippen LogP contribution in [0, 0.1) is 0 Å². The van der Waals surface area contributed by atoms with Crippen LogP contribution in [0.25, 0.3) is 0 Å². The summed E-state index contributed by atoms with van der Waals surface area (Å²) in [5.74, 6) is 3.85. The van der Waals surface area contributed by atoms with E-state index in [2.05, 4.69) is 51.3 Å². The summed E-state index contributed by atoms with van der Waals surface area (Å²) in [6.07, 6.45) is 6.65. The fraction of sp³-hybridized carbons (Fsp3) is 0.532. The number of rotatable bonds is 18.